The highest BCUT2D eigenvalue weighted by atomic mass is 16.4. The number of carboxylic acid groups (broad SMARTS) is 1. The van der Waals surface area contributed by atoms with Crippen LogP contribution < -0.4 is 0 Å². The number of allylic oxidation sites excluding steroid dienone is 1. The monoisotopic (exact) mass is 236 g/mol. The molecule has 2 rings (SSSR count). The third-order valence-corrected chi connectivity index (χ3v) is 4.51. The molecule has 4 unspecified atom stereocenters. The van der Waals surface area contributed by atoms with Crippen LogP contribution >= 0.6 is 0 Å². The Balaban J connectivity index is 2.12. The molecular formula is C14H20O3. The van der Waals surface area contributed by atoms with Gasteiger partial charge in [-0.25, -0.2) is 4.79 Å². The first-order chi connectivity index (χ1) is 7.92. The summed E-state index contributed by atoms with van der Waals surface area (Å²) in [6.45, 7) is 5.88. The van der Waals surface area contributed by atoms with Crippen molar-refractivity contribution in [1.82, 2.24) is 0 Å². The van der Waals surface area contributed by atoms with Crippen LogP contribution in [-0.2, 0) is 4.79 Å². The third-order valence-electron chi connectivity index (χ3n) is 4.51. The smallest absolute Gasteiger partial charge is 0.331 e. The molecule has 0 bridgehead atoms. The number of rotatable bonds is 2. The van der Waals surface area contributed by atoms with Gasteiger partial charge in [0.2, 0.25) is 0 Å². The lowest BCUT2D eigenvalue weighted by Crippen LogP contribution is -2.39. The van der Waals surface area contributed by atoms with Gasteiger partial charge in [0.15, 0.2) is 0 Å². The van der Waals surface area contributed by atoms with Crippen molar-refractivity contribution in [3.8, 4) is 0 Å². The molecule has 17 heavy (non-hydrogen) atoms. The molecular weight excluding hydrogens is 216 g/mol. The summed E-state index contributed by atoms with van der Waals surface area (Å²) in [5, 5.41) is 18.7. The largest absolute Gasteiger partial charge is 0.478 e. The number of aliphatic hydroxyl groups excluding tert-OH is 1. The normalized spacial score (nSPS) is 40.7. The summed E-state index contributed by atoms with van der Waals surface area (Å²) in [7, 11) is 0. The van der Waals surface area contributed by atoms with E-state index >= 15 is 0 Å². The molecule has 0 amide bonds. The van der Waals surface area contributed by atoms with Gasteiger partial charge in [0.25, 0.3) is 0 Å². The minimum atomic E-state index is -0.876. The van der Waals surface area contributed by atoms with Crippen molar-refractivity contribution in [3.05, 3.63) is 24.3 Å². The molecule has 0 aliphatic heterocycles. The van der Waals surface area contributed by atoms with E-state index in [1.54, 1.807) is 0 Å². The van der Waals surface area contributed by atoms with Gasteiger partial charge < -0.3 is 10.2 Å². The quantitative estimate of drug-likeness (QED) is 0.571. The van der Waals surface area contributed by atoms with E-state index in [4.69, 9.17) is 5.11 Å². The van der Waals surface area contributed by atoms with Gasteiger partial charge in [-0.3, -0.25) is 0 Å². The second-order valence-corrected chi connectivity index (χ2v) is 5.72. The Kier molecular flexibility index (Phi) is 3.13. The molecule has 0 saturated heterocycles. The Bertz CT molecular complexity index is 372. The van der Waals surface area contributed by atoms with Gasteiger partial charge >= 0.3 is 5.97 Å². The summed E-state index contributed by atoms with van der Waals surface area (Å²) in [5.74, 6) is -0.412. The van der Waals surface area contributed by atoms with E-state index in [1.807, 2.05) is 6.08 Å². The van der Waals surface area contributed by atoms with Crippen LogP contribution in [0.2, 0.25) is 0 Å². The second-order valence-electron chi connectivity index (χ2n) is 5.72. The highest BCUT2D eigenvalue weighted by Crippen LogP contribution is 2.50. The molecule has 3 nitrogen and oxygen atoms in total. The predicted molar refractivity (Wildman–Crippen MR) is 65.5 cm³/mol. The standard InChI is InChI=1S/C14H20O3/c1-9(13(16)17)10-5-6-14(2)8-12(15)4-3-11(14)7-10/h3-4,10-12,15H,1,5-8H2,2H3,(H,16,17). The predicted octanol–water partition coefficient (Wildman–Crippen LogP) is 2.37. The van der Waals surface area contributed by atoms with Gasteiger partial charge in [0, 0.05) is 5.57 Å². The molecule has 2 N–H and O–H groups in total. The molecule has 2 aliphatic carbocycles. The van der Waals surface area contributed by atoms with E-state index in [1.165, 1.54) is 0 Å². The Morgan fingerprint density at radius 1 is 1.47 bits per heavy atom. The van der Waals surface area contributed by atoms with Crippen LogP contribution in [0.1, 0.15) is 32.6 Å². The third kappa shape index (κ3) is 2.29. The average molecular weight is 236 g/mol. The summed E-state index contributed by atoms with van der Waals surface area (Å²) >= 11 is 0. The molecule has 1 saturated carbocycles. The lowest BCUT2D eigenvalue weighted by Gasteiger charge is -2.46. The van der Waals surface area contributed by atoms with Crippen molar-refractivity contribution in [1.29, 1.82) is 0 Å². The molecule has 2 aliphatic rings. The number of aliphatic hydroxyl groups is 1. The number of hydrogen-bond acceptors (Lipinski definition) is 2. The Morgan fingerprint density at radius 3 is 2.82 bits per heavy atom. The van der Waals surface area contributed by atoms with E-state index < -0.39 is 5.97 Å². The first-order valence-electron chi connectivity index (χ1n) is 6.21. The van der Waals surface area contributed by atoms with Gasteiger partial charge in [-0.2, -0.15) is 0 Å². The lowest BCUT2D eigenvalue weighted by molar-refractivity contribution is -0.133. The molecule has 0 heterocycles. The minimum Gasteiger partial charge on any atom is -0.478 e. The molecule has 0 spiro atoms. The van der Waals surface area contributed by atoms with Crippen LogP contribution in [0.5, 0.6) is 0 Å². The van der Waals surface area contributed by atoms with Gasteiger partial charge in [-0.15, -0.1) is 0 Å². The first-order valence-corrected chi connectivity index (χ1v) is 6.21. The fraction of sp³-hybridized carbons (Fsp3) is 0.643. The van der Waals surface area contributed by atoms with Gasteiger partial charge in [-0.1, -0.05) is 25.7 Å². The van der Waals surface area contributed by atoms with Crippen molar-refractivity contribution >= 4 is 5.97 Å². The zero-order chi connectivity index (χ0) is 12.6. The molecule has 0 aromatic heterocycles. The maximum atomic E-state index is 10.9. The molecule has 4 atom stereocenters. The number of carbonyl (C=O) groups is 1. The fourth-order valence-corrected chi connectivity index (χ4v) is 3.26. The first kappa shape index (κ1) is 12.4. The van der Waals surface area contributed by atoms with Gasteiger partial charge in [0.05, 0.1) is 6.10 Å². The van der Waals surface area contributed by atoms with Crippen LogP contribution in [0.25, 0.3) is 0 Å². The van der Waals surface area contributed by atoms with Crippen molar-refractivity contribution in [2.75, 3.05) is 0 Å². The summed E-state index contributed by atoms with van der Waals surface area (Å²) in [5.41, 5.74) is 0.468. The van der Waals surface area contributed by atoms with E-state index in [9.17, 15) is 9.90 Å². The van der Waals surface area contributed by atoms with Gasteiger partial charge in [-0.05, 0) is 42.9 Å². The highest BCUT2D eigenvalue weighted by molar-refractivity contribution is 5.86. The zero-order valence-corrected chi connectivity index (χ0v) is 10.2. The van der Waals surface area contributed by atoms with Crippen molar-refractivity contribution in [3.63, 3.8) is 0 Å². The summed E-state index contributed by atoms with van der Waals surface area (Å²) in [6.07, 6.45) is 7.06. The number of hydrogen-bond donors (Lipinski definition) is 2. The number of fused-ring (bicyclic) bond motifs is 1. The van der Waals surface area contributed by atoms with Crippen LogP contribution in [0.3, 0.4) is 0 Å². The van der Waals surface area contributed by atoms with E-state index in [2.05, 4.69) is 19.6 Å². The Morgan fingerprint density at radius 2 is 2.18 bits per heavy atom. The van der Waals surface area contributed by atoms with E-state index in [-0.39, 0.29) is 17.4 Å². The van der Waals surface area contributed by atoms with Crippen molar-refractivity contribution in [2.45, 2.75) is 38.7 Å². The number of carboxylic acids is 1. The van der Waals surface area contributed by atoms with Crippen LogP contribution in [0.4, 0.5) is 0 Å². The minimum absolute atomic E-state index is 0.0884. The van der Waals surface area contributed by atoms with Crippen LogP contribution in [0, 0.1) is 17.3 Å². The molecule has 94 valence electrons. The molecule has 1 fully saturated rings. The fourth-order valence-electron chi connectivity index (χ4n) is 3.26. The lowest BCUT2D eigenvalue weighted by atomic mass is 9.59. The zero-order valence-electron chi connectivity index (χ0n) is 10.2. The summed E-state index contributed by atoms with van der Waals surface area (Å²) in [4.78, 5) is 10.9. The molecule has 0 aromatic rings. The summed E-state index contributed by atoms with van der Waals surface area (Å²) in [6, 6.07) is 0. The Labute approximate surface area is 102 Å². The Hall–Kier alpha value is -1.09. The molecule has 0 radical (unpaired) electrons. The summed E-state index contributed by atoms with van der Waals surface area (Å²) < 4.78 is 0. The highest BCUT2D eigenvalue weighted by Gasteiger charge is 2.42. The average Bonchev–Trinajstić information content (AvgIpc) is 2.26. The topological polar surface area (TPSA) is 57.5 Å². The SMILES string of the molecule is C=C(C(=O)O)C1CCC2(C)CC(O)C=CC2C1. The van der Waals surface area contributed by atoms with Crippen LogP contribution in [0.15, 0.2) is 24.3 Å². The maximum absolute atomic E-state index is 10.9. The number of aliphatic carboxylic acids is 1. The maximum Gasteiger partial charge on any atom is 0.331 e. The molecule has 3 heteroatoms. The van der Waals surface area contributed by atoms with Crippen molar-refractivity contribution < 1.29 is 15.0 Å². The van der Waals surface area contributed by atoms with Crippen LogP contribution in [-0.4, -0.2) is 22.3 Å². The molecule has 0 aromatic carbocycles. The van der Waals surface area contributed by atoms with E-state index in [0.29, 0.717) is 11.5 Å². The second kappa shape index (κ2) is 4.30. The van der Waals surface area contributed by atoms with Gasteiger partial charge in [0.1, 0.15) is 0 Å². The van der Waals surface area contributed by atoms with E-state index in [0.717, 1.165) is 25.7 Å². The van der Waals surface area contributed by atoms with Crippen molar-refractivity contribution in [2.24, 2.45) is 17.3 Å².